The second-order valence-electron chi connectivity index (χ2n) is 3.97. The van der Waals surface area contributed by atoms with Crippen LogP contribution in [0.3, 0.4) is 0 Å². The first-order chi connectivity index (χ1) is 9.04. The highest BCUT2D eigenvalue weighted by atomic mass is 79.9. The molecule has 106 valence electrons. The smallest absolute Gasteiger partial charge is 0.260 e. The van der Waals surface area contributed by atoms with Crippen LogP contribution < -0.4 is 10.1 Å². The average molecular weight is 395 g/mol. The minimum atomic E-state index is -0.542. The molecule has 1 rings (SSSR count). The van der Waals surface area contributed by atoms with E-state index in [1.165, 1.54) is 0 Å². The molecule has 0 bridgehead atoms. The zero-order valence-electron chi connectivity index (χ0n) is 10.9. The molecule has 1 amide bonds. The van der Waals surface area contributed by atoms with Crippen LogP contribution in [0.5, 0.6) is 5.75 Å². The number of hydrogen-bond acceptors (Lipinski definition) is 3. The van der Waals surface area contributed by atoms with Crippen molar-refractivity contribution >= 4 is 37.8 Å². The number of benzene rings is 1. The van der Waals surface area contributed by atoms with E-state index in [0.29, 0.717) is 18.9 Å². The Balaban J connectivity index is 2.45. The molecule has 0 saturated carbocycles. The molecule has 0 heterocycles. The highest BCUT2D eigenvalue weighted by Crippen LogP contribution is 2.28. The summed E-state index contributed by atoms with van der Waals surface area (Å²) in [6.45, 7) is 2.94. The monoisotopic (exact) mass is 393 g/mol. The lowest BCUT2D eigenvalue weighted by Crippen LogP contribution is -2.37. The van der Waals surface area contributed by atoms with Crippen LogP contribution in [0.2, 0.25) is 0 Å². The molecule has 1 aromatic rings. The third-order valence-corrected chi connectivity index (χ3v) is 3.50. The van der Waals surface area contributed by atoms with Crippen molar-refractivity contribution < 1.29 is 14.3 Å². The molecule has 0 aromatic heterocycles. The number of methoxy groups -OCH3 is 1. The molecule has 19 heavy (non-hydrogen) atoms. The molecule has 0 spiro atoms. The van der Waals surface area contributed by atoms with Gasteiger partial charge in [-0.3, -0.25) is 4.79 Å². The Morgan fingerprint density at radius 1 is 1.42 bits per heavy atom. The molecule has 1 N–H and O–H groups in total. The lowest BCUT2D eigenvalue weighted by atomic mass is 10.3. The van der Waals surface area contributed by atoms with Gasteiger partial charge in [-0.15, -0.1) is 0 Å². The zero-order chi connectivity index (χ0) is 14.3. The molecule has 0 aliphatic rings. The van der Waals surface area contributed by atoms with Gasteiger partial charge in [0.1, 0.15) is 5.75 Å². The van der Waals surface area contributed by atoms with E-state index in [0.717, 1.165) is 15.4 Å². The zero-order valence-corrected chi connectivity index (χ0v) is 14.1. The molecule has 0 fully saturated rings. The standard InChI is InChI=1S/C13H17Br2NO3/c1-9(13(17)16-6-3-7-18-2)19-12-5-4-10(14)8-11(12)15/h4-5,8-9H,3,6-7H2,1-2H3,(H,16,17)/t9-/m1/s1. The molecule has 0 saturated heterocycles. The summed E-state index contributed by atoms with van der Waals surface area (Å²) < 4.78 is 12.3. The maximum Gasteiger partial charge on any atom is 0.260 e. The van der Waals surface area contributed by atoms with Gasteiger partial charge >= 0.3 is 0 Å². The van der Waals surface area contributed by atoms with Crippen molar-refractivity contribution in [3.63, 3.8) is 0 Å². The summed E-state index contributed by atoms with van der Waals surface area (Å²) >= 11 is 6.76. The Morgan fingerprint density at radius 3 is 2.79 bits per heavy atom. The van der Waals surface area contributed by atoms with Gasteiger partial charge in [-0.2, -0.15) is 0 Å². The van der Waals surface area contributed by atoms with Crippen LogP contribution in [-0.2, 0) is 9.53 Å². The Morgan fingerprint density at radius 2 is 2.16 bits per heavy atom. The molecule has 0 aliphatic heterocycles. The molecule has 0 unspecified atom stereocenters. The van der Waals surface area contributed by atoms with Crippen molar-refractivity contribution in [2.24, 2.45) is 0 Å². The van der Waals surface area contributed by atoms with Crippen LogP contribution in [0.15, 0.2) is 27.1 Å². The van der Waals surface area contributed by atoms with Crippen molar-refractivity contribution in [1.29, 1.82) is 0 Å². The Hall–Kier alpha value is -0.590. The summed E-state index contributed by atoms with van der Waals surface area (Å²) in [7, 11) is 1.64. The van der Waals surface area contributed by atoms with Gasteiger partial charge in [0.25, 0.3) is 5.91 Å². The Labute approximate surface area is 130 Å². The number of rotatable bonds is 7. The van der Waals surface area contributed by atoms with Crippen LogP contribution in [0.25, 0.3) is 0 Å². The van der Waals surface area contributed by atoms with Crippen LogP contribution in [0.1, 0.15) is 13.3 Å². The molecular formula is C13H17Br2NO3. The summed E-state index contributed by atoms with van der Waals surface area (Å²) in [6.07, 6.45) is 0.247. The van der Waals surface area contributed by atoms with E-state index in [9.17, 15) is 4.79 Å². The van der Waals surface area contributed by atoms with E-state index in [1.807, 2.05) is 18.2 Å². The normalized spacial score (nSPS) is 12.0. The summed E-state index contributed by atoms with van der Waals surface area (Å²) in [5, 5.41) is 2.80. The van der Waals surface area contributed by atoms with Gasteiger partial charge in [0.05, 0.1) is 4.47 Å². The quantitative estimate of drug-likeness (QED) is 0.722. The molecule has 1 aromatic carbocycles. The van der Waals surface area contributed by atoms with E-state index < -0.39 is 6.10 Å². The van der Waals surface area contributed by atoms with Crippen LogP contribution in [0, 0.1) is 0 Å². The van der Waals surface area contributed by atoms with Gasteiger partial charge < -0.3 is 14.8 Å². The lowest BCUT2D eigenvalue weighted by molar-refractivity contribution is -0.127. The number of hydrogen-bond donors (Lipinski definition) is 1. The summed E-state index contributed by atoms with van der Waals surface area (Å²) in [5.74, 6) is 0.508. The number of amides is 1. The van der Waals surface area contributed by atoms with Crippen molar-refractivity contribution in [3.05, 3.63) is 27.1 Å². The number of ether oxygens (including phenoxy) is 2. The van der Waals surface area contributed by atoms with Crippen molar-refractivity contribution in [2.45, 2.75) is 19.4 Å². The first-order valence-electron chi connectivity index (χ1n) is 5.93. The molecule has 0 aliphatic carbocycles. The van der Waals surface area contributed by atoms with Gasteiger partial charge in [0, 0.05) is 24.7 Å². The second-order valence-corrected chi connectivity index (χ2v) is 5.74. The predicted molar refractivity (Wildman–Crippen MR) is 81.4 cm³/mol. The van der Waals surface area contributed by atoms with E-state index in [-0.39, 0.29) is 5.91 Å². The lowest BCUT2D eigenvalue weighted by Gasteiger charge is -2.15. The Kier molecular flexibility index (Phi) is 7.41. The summed E-state index contributed by atoms with van der Waals surface area (Å²) in [5.41, 5.74) is 0. The minimum absolute atomic E-state index is 0.133. The maximum absolute atomic E-state index is 11.8. The van der Waals surface area contributed by atoms with E-state index >= 15 is 0 Å². The number of carbonyl (C=O) groups is 1. The van der Waals surface area contributed by atoms with Crippen LogP contribution in [0.4, 0.5) is 0 Å². The van der Waals surface area contributed by atoms with E-state index in [2.05, 4.69) is 37.2 Å². The first kappa shape index (κ1) is 16.5. The van der Waals surface area contributed by atoms with Gasteiger partial charge in [-0.1, -0.05) is 15.9 Å². The van der Waals surface area contributed by atoms with E-state index in [4.69, 9.17) is 9.47 Å². The van der Waals surface area contributed by atoms with Crippen LogP contribution in [-0.4, -0.2) is 32.3 Å². The fraction of sp³-hybridized carbons (Fsp3) is 0.462. The molecule has 6 heteroatoms. The predicted octanol–water partition coefficient (Wildman–Crippen LogP) is 3.13. The SMILES string of the molecule is COCCCNC(=O)[C@@H](C)Oc1ccc(Br)cc1Br. The third-order valence-electron chi connectivity index (χ3n) is 2.39. The molecule has 1 atom stereocenters. The summed E-state index contributed by atoms with van der Waals surface area (Å²) in [6, 6.07) is 5.55. The van der Waals surface area contributed by atoms with Crippen molar-refractivity contribution in [3.8, 4) is 5.75 Å². The van der Waals surface area contributed by atoms with E-state index in [1.54, 1.807) is 14.0 Å². The first-order valence-corrected chi connectivity index (χ1v) is 7.51. The summed E-state index contributed by atoms with van der Waals surface area (Å²) in [4.78, 5) is 11.8. The van der Waals surface area contributed by atoms with Gasteiger partial charge in [0.15, 0.2) is 6.10 Å². The average Bonchev–Trinajstić information content (AvgIpc) is 2.37. The topological polar surface area (TPSA) is 47.6 Å². The Bertz CT molecular complexity index is 426. The molecular weight excluding hydrogens is 378 g/mol. The fourth-order valence-corrected chi connectivity index (χ4v) is 2.53. The van der Waals surface area contributed by atoms with Crippen LogP contribution >= 0.6 is 31.9 Å². The highest BCUT2D eigenvalue weighted by molar-refractivity contribution is 9.11. The number of carbonyl (C=O) groups excluding carboxylic acids is 1. The largest absolute Gasteiger partial charge is 0.480 e. The fourth-order valence-electron chi connectivity index (χ4n) is 1.39. The van der Waals surface area contributed by atoms with Gasteiger partial charge in [0.2, 0.25) is 0 Å². The highest BCUT2D eigenvalue weighted by Gasteiger charge is 2.15. The van der Waals surface area contributed by atoms with Crippen molar-refractivity contribution in [2.75, 3.05) is 20.3 Å². The second kappa shape index (κ2) is 8.55. The number of halogens is 2. The molecule has 0 radical (unpaired) electrons. The number of nitrogens with one attached hydrogen (secondary N) is 1. The molecule has 4 nitrogen and oxygen atoms in total. The van der Waals surface area contributed by atoms with Gasteiger partial charge in [-0.05, 0) is 47.5 Å². The minimum Gasteiger partial charge on any atom is -0.480 e. The maximum atomic E-state index is 11.8. The van der Waals surface area contributed by atoms with Crippen molar-refractivity contribution in [1.82, 2.24) is 5.32 Å². The van der Waals surface area contributed by atoms with Gasteiger partial charge in [-0.25, -0.2) is 0 Å². The third kappa shape index (κ3) is 5.93.